The van der Waals surface area contributed by atoms with Gasteiger partial charge >= 0.3 is 5.76 Å². The molecule has 28 heavy (non-hydrogen) atoms. The van der Waals surface area contributed by atoms with Gasteiger partial charge in [0.15, 0.2) is 0 Å². The first-order chi connectivity index (χ1) is 13.3. The van der Waals surface area contributed by atoms with Gasteiger partial charge in [0.25, 0.3) is 0 Å². The maximum Gasteiger partial charge on any atom is 0.420 e. The fraction of sp³-hybridized carbons (Fsp3) is 0.350. The summed E-state index contributed by atoms with van der Waals surface area (Å²) in [6.07, 6.45) is 2.90. The molecule has 1 N–H and O–H groups in total. The minimum absolute atomic E-state index is 0.104. The Labute approximate surface area is 166 Å². The lowest BCUT2D eigenvalue weighted by Crippen LogP contribution is -2.33. The number of aryl methyl sites for hydroxylation is 3. The summed E-state index contributed by atoms with van der Waals surface area (Å²) >= 11 is 6.09. The number of benzene rings is 1. The van der Waals surface area contributed by atoms with Gasteiger partial charge in [0.05, 0.1) is 23.3 Å². The molecule has 0 saturated heterocycles. The molecule has 2 heterocycles. The maximum absolute atomic E-state index is 12.7. The summed E-state index contributed by atoms with van der Waals surface area (Å²) in [5.41, 5.74) is 4.75. The van der Waals surface area contributed by atoms with Crippen molar-refractivity contribution < 1.29 is 9.21 Å². The van der Waals surface area contributed by atoms with E-state index in [1.54, 1.807) is 13.1 Å². The van der Waals surface area contributed by atoms with Crippen molar-refractivity contribution in [2.45, 2.75) is 39.8 Å². The van der Waals surface area contributed by atoms with Crippen molar-refractivity contribution in [2.24, 2.45) is 0 Å². The number of hydrogen-bond acceptors (Lipinski definition) is 4. The highest BCUT2D eigenvalue weighted by atomic mass is 35.5. The van der Waals surface area contributed by atoms with Crippen molar-refractivity contribution >= 4 is 34.6 Å². The van der Waals surface area contributed by atoms with Crippen LogP contribution in [0.4, 0.5) is 0 Å². The van der Waals surface area contributed by atoms with E-state index in [0.29, 0.717) is 41.7 Å². The molecular formula is C20H21ClN4O3. The summed E-state index contributed by atoms with van der Waals surface area (Å²) in [6.45, 7) is 4.31. The number of oxazole rings is 1. The van der Waals surface area contributed by atoms with Crippen LogP contribution in [0.5, 0.6) is 0 Å². The molecule has 0 radical (unpaired) electrons. The molecule has 0 fully saturated rings. The number of nitrogens with zero attached hydrogens (tertiary/aromatic N) is 3. The molecule has 3 aromatic rings. The third-order valence-electron chi connectivity index (χ3n) is 5.14. The van der Waals surface area contributed by atoms with Crippen LogP contribution in [0.1, 0.15) is 34.8 Å². The number of carbonyl (C=O) groups is 1. The predicted molar refractivity (Wildman–Crippen MR) is 107 cm³/mol. The molecule has 1 amide bonds. The smallest absolute Gasteiger partial charge is 0.412 e. The van der Waals surface area contributed by atoms with Gasteiger partial charge in [-0.05, 0) is 49.6 Å². The number of nitrogens with one attached hydrogen (secondary N) is 1. The molecule has 8 heteroatoms. The summed E-state index contributed by atoms with van der Waals surface area (Å²) < 4.78 is 6.60. The van der Waals surface area contributed by atoms with Crippen LogP contribution in [0, 0.1) is 13.8 Å². The molecule has 1 aliphatic carbocycles. The summed E-state index contributed by atoms with van der Waals surface area (Å²) in [5, 5.41) is 0.649. The van der Waals surface area contributed by atoms with Gasteiger partial charge in [-0.1, -0.05) is 11.6 Å². The fourth-order valence-electron chi connectivity index (χ4n) is 3.37. The van der Waals surface area contributed by atoms with Gasteiger partial charge in [0.1, 0.15) is 18.1 Å². The van der Waals surface area contributed by atoms with E-state index in [2.05, 4.69) is 23.0 Å². The standard InChI is InChI=1S/C20H21ClN4O3/c1-11-6-14-15(7-12(11)2)23-18(22-14)9-24(3)19(26)10-25-16-8-13(21)4-5-17(16)28-20(25)27/h6-8H,4-5,9-10H2,1-3H3,(H,22,23). The van der Waals surface area contributed by atoms with Crippen LogP contribution in [0.25, 0.3) is 17.1 Å². The first-order valence-electron chi connectivity index (χ1n) is 9.10. The van der Waals surface area contributed by atoms with Gasteiger partial charge in [-0.15, -0.1) is 0 Å². The van der Waals surface area contributed by atoms with Crippen molar-refractivity contribution in [1.82, 2.24) is 19.4 Å². The molecule has 0 bridgehead atoms. The van der Waals surface area contributed by atoms with Gasteiger partial charge in [-0.2, -0.15) is 0 Å². The fourth-order valence-corrected chi connectivity index (χ4v) is 3.57. The highest BCUT2D eigenvalue weighted by Crippen LogP contribution is 2.25. The zero-order valence-electron chi connectivity index (χ0n) is 16.0. The number of H-pyrrole nitrogens is 1. The molecule has 1 aromatic carbocycles. The van der Waals surface area contributed by atoms with E-state index in [4.69, 9.17) is 16.0 Å². The number of halogens is 1. The van der Waals surface area contributed by atoms with Crippen LogP contribution in [-0.4, -0.2) is 32.4 Å². The Kier molecular flexibility index (Phi) is 4.63. The van der Waals surface area contributed by atoms with Crippen molar-refractivity contribution in [3.8, 4) is 0 Å². The van der Waals surface area contributed by atoms with Crippen molar-refractivity contribution in [2.75, 3.05) is 7.05 Å². The quantitative estimate of drug-likeness (QED) is 0.729. The third-order valence-corrected chi connectivity index (χ3v) is 5.44. The van der Waals surface area contributed by atoms with Gasteiger partial charge in [-0.25, -0.2) is 9.78 Å². The highest BCUT2D eigenvalue weighted by molar-refractivity contribution is 6.31. The molecule has 1 aliphatic rings. The number of fused-ring (bicyclic) bond motifs is 2. The summed E-state index contributed by atoms with van der Waals surface area (Å²) in [4.78, 5) is 34.2. The maximum atomic E-state index is 12.7. The van der Waals surface area contributed by atoms with Crippen LogP contribution in [-0.2, 0) is 24.3 Å². The Bertz CT molecular complexity index is 1130. The van der Waals surface area contributed by atoms with E-state index in [1.165, 1.54) is 20.6 Å². The van der Waals surface area contributed by atoms with Crippen molar-refractivity contribution in [3.63, 3.8) is 0 Å². The molecule has 0 saturated carbocycles. The van der Waals surface area contributed by atoms with Gasteiger partial charge in [-0.3, -0.25) is 9.36 Å². The molecule has 146 valence electrons. The lowest BCUT2D eigenvalue weighted by molar-refractivity contribution is -0.131. The summed E-state index contributed by atoms with van der Waals surface area (Å²) in [6, 6.07) is 4.08. The first kappa shape index (κ1) is 18.6. The molecule has 0 spiro atoms. The Hall–Kier alpha value is -2.80. The monoisotopic (exact) mass is 400 g/mol. The highest BCUT2D eigenvalue weighted by Gasteiger charge is 2.22. The number of amides is 1. The number of aromatic nitrogens is 3. The lowest BCUT2D eigenvalue weighted by Gasteiger charge is -2.16. The van der Waals surface area contributed by atoms with E-state index >= 15 is 0 Å². The number of carbonyl (C=O) groups excluding carboxylic acids is 1. The van der Waals surface area contributed by atoms with Gasteiger partial charge in [0, 0.05) is 18.5 Å². The van der Waals surface area contributed by atoms with Crippen LogP contribution < -0.4 is 5.76 Å². The van der Waals surface area contributed by atoms with Crippen LogP contribution >= 0.6 is 11.6 Å². The Morgan fingerprint density at radius 2 is 2.07 bits per heavy atom. The summed E-state index contributed by atoms with van der Waals surface area (Å²) in [5.74, 6) is 0.519. The molecule has 2 aromatic heterocycles. The first-order valence-corrected chi connectivity index (χ1v) is 9.48. The molecular weight excluding hydrogens is 380 g/mol. The Balaban J connectivity index is 1.52. The van der Waals surface area contributed by atoms with E-state index < -0.39 is 5.76 Å². The number of rotatable bonds is 4. The zero-order valence-corrected chi connectivity index (χ0v) is 16.8. The lowest BCUT2D eigenvalue weighted by atomic mass is 10.1. The van der Waals surface area contributed by atoms with Crippen LogP contribution in [0.15, 0.2) is 26.4 Å². The average Bonchev–Trinajstić information content (AvgIpc) is 3.15. The molecule has 0 aliphatic heterocycles. The van der Waals surface area contributed by atoms with E-state index in [0.717, 1.165) is 11.0 Å². The largest absolute Gasteiger partial charge is 0.420 e. The summed E-state index contributed by atoms with van der Waals surface area (Å²) in [7, 11) is 1.69. The number of aromatic amines is 1. The normalized spacial score (nSPS) is 13.5. The van der Waals surface area contributed by atoms with E-state index in [-0.39, 0.29) is 12.5 Å². The number of imidazole rings is 1. The van der Waals surface area contributed by atoms with Gasteiger partial charge in [0.2, 0.25) is 5.91 Å². The van der Waals surface area contributed by atoms with Crippen molar-refractivity contribution in [1.29, 1.82) is 0 Å². The van der Waals surface area contributed by atoms with Gasteiger partial charge < -0.3 is 14.3 Å². The molecule has 7 nitrogen and oxygen atoms in total. The second kappa shape index (κ2) is 6.98. The minimum atomic E-state index is -0.538. The van der Waals surface area contributed by atoms with E-state index in [1.807, 2.05) is 13.0 Å². The van der Waals surface area contributed by atoms with Crippen LogP contribution in [0.3, 0.4) is 0 Å². The topological polar surface area (TPSA) is 84.1 Å². The average molecular weight is 401 g/mol. The molecule has 0 unspecified atom stereocenters. The molecule has 4 rings (SSSR count). The second-order valence-corrected chi connectivity index (χ2v) is 7.73. The second-order valence-electron chi connectivity index (χ2n) is 7.24. The molecule has 0 atom stereocenters. The Morgan fingerprint density at radius 1 is 1.32 bits per heavy atom. The number of likely N-dealkylation sites (N-methyl/N-ethyl adjacent to an activating group) is 1. The Morgan fingerprint density at radius 3 is 2.86 bits per heavy atom. The SMILES string of the molecule is Cc1cc2nc(CN(C)C(=O)Cn3c4c(oc3=O)CCC(Cl)=C4)[nH]c2cc1C. The third kappa shape index (κ3) is 3.38. The van der Waals surface area contributed by atoms with Crippen LogP contribution in [0.2, 0.25) is 0 Å². The predicted octanol–water partition coefficient (Wildman–Crippen LogP) is 3.12. The van der Waals surface area contributed by atoms with Crippen molar-refractivity contribution in [3.05, 3.63) is 56.1 Å². The minimum Gasteiger partial charge on any atom is -0.412 e. The zero-order chi connectivity index (χ0) is 20.0. The van der Waals surface area contributed by atoms with E-state index in [9.17, 15) is 9.59 Å². The number of allylic oxidation sites excluding steroid dienone is 1. The number of hydrogen-bond donors (Lipinski definition) is 1.